The molecule has 0 N–H and O–H groups in total. The standard InChI is InChI=1S/C14H17F3O4/c1-13(2)20-8-10(21-13)7-19-9-4-5-12(18-3)11(6-9)14(15,16)17/h4-6,10H,7-8H2,1-3H3/t10-/m0/s1. The zero-order valence-electron chi connectivity index (χ0n) is 12.0. The first-order valence-electron chi connectivity index (χ1n) is 6.41. The molecule has 0 aromatic heterocycles. The van der Waals surface area contributed by atoms with E-state index in [0.717, 1.165) is 6.07 Å². The molecule has 7 heteroatoms. The van der Waals surface area contributed by atoms with Gasteiger partial charge in [0.2, 0.25) is 0 Å². The molecular weight excluding hydrogens is 289 g/mol. The van der Waals surface area contributed by atoms with Gasteiger partial charge in [-0.05, 0) is 32.0 Å². The summed E-state index contributed by atoms with van der Waals surface area (Å²) in [4.78, 5) is 0. The van der Waals surface area contributed by atoms with Crippen LogP contribution in [-0.4, -0.2) is 32.2 Å². The number of hydrogen-bond donors (Lipinski definition) is 0. The Balaban J connectivity index is 2.04. The number of methoxy groups -OCH3 is 1. The Hall–Kier alpha value is -1.47. The predicted molar refractivity (Wildman–Crippen MR) is 68.4 cm³/mol. The second kappa shape index (κ2) is 5.73. The molecule has 1 aromatic rings. The van der Waals surface area contributed by atoms with Crippen LogP contribution in [-0.2, 0) is 15.7 Å². The minimum atomic E-state index is -4.50. The highest BCUT2D eigenvalue weighted by atomic mass is 19.4. The van der Waals surface area contributed by atoms with Crippen LogP contribution in [0.3, 0.4) is 0 Å². The van der Waals surface area contributed by atoms with Crippen molar-refractivity contribution in [3.8, 4) is 11.5 Å². The van der Waals surface area contributed by atoms with Gasteiger partial charge in [0.15, 0.2) is 5.79 Å². The first-order chi connectivity index (χ1) is 9.71. The van der Waals surface area contributed by atoms with Crippen LogP contribution in [0.25, 0.3) is 0 Å². The minimum Gasteiger partial charge on any atom is -0.496 e. The molecule has 1 heterocycles. The molecule has 4 nitrogen and oxygen atoms in total. The average molecular weight is 306 g/mol. The van der Waals surface area contributed by atoms with Crippen molar-refractivity contribution in [2.24, 2.45) is 0 Å². The molecule has 1 atom stereocenters. The molecule has 0 bridgehead atoms. The molecule has 1 saturated heterocycles. The maximum absolute atomic E-state index is 12.9. The van der Waals surface area contributed by atoms with Gasteiger partial charge in [-0.1, -0.05) is 0 Å². The summed E-state index contributed by atoms with van der Waals surface area (Å²) in [6.07, 6.45) is -4.81. The molecule has 0 spiro atoms. The van der Waals surface area contributed by atoms with Gasteiger partial charge >= 0.3 is 6.18 Å². The molecule has 0 radical (unpaired) electrons. The van der Waals surface area contributed by atoms with Crippen LogP contribution in [0, 0.1) is 0 Å². The van der Waals surface area contributed by atoms with E-state index in [1.54, 1.807) is 13.8 Å². The van der Waals surface area contributed by atoms with Gasteiger partial charge in [-0.3, -0.25) is 0 Å². The van der Waals surface area contributed by atoms with Crippen LogP contribution in [0.1, 0.15) is 19.4 Å². The van der Waals surface area contributed by atoms with Crippen molar-refractivity contribution in [2.45, 2.75) is 31.9 Å². The number of rotatable bonds is 4. The van der Waals surface area contributed by atoms with Crippen LogP contribution < -0.4 is 9.47 Å². The first-order valence-corrected chi connectivity index (χ1v) is 6.41. The maximum Gasteiger partial charge on any atom is 0.420 e. The van der Waals surface area contributed by atoms with E-state index >= 15 is 0 Å². The molecule has 118 valence electrons. The Morgan fingerprint density at radius 2 is 2.05 bits per heavy atom. The molecular formula is C14H17F3O4. The van der Waals surface area contributed by atoms with Gasteiger partial charge in [0, 0.05) is 0 Å². The highest BCUT2D eigenvalue weighted by Gasteiger charge is 2.35. The molecule has 0 unspecified atom stereocenters. The lowest BCUT2D eigenvalue weighted by Gasteiger charge is -2.18. The van der Waals surface area contributed by atoms with Crippen molar-refractivity contribution >= 4 is 0 Å². The Morgan fingerprint density at radius 1 is 1.33 bits per heavy atom. The predicted octanol–water partition coefficient (Wildman–Crippen LogP) is 3.24. The SMILES string of the molecule is COc1ccc(OC[C@H]2COC(C)(C)O2)cc1C(F)(F)F. The summed E-state index contributed by atoms with van der Waals surface area (Å²) in [6, 6.07) is 3.57. The molecule has 1 fully saturated rings. The Labute approximate surface area is 120 Å². The summed E-state index contributed by atoms with van der Waals surface area (Å²) in [5, 5.41) is 0. The minimum absolute atomic E-state index is 0.108. The van der Waals surface area contributed by atoms with Crippen molar-refractivity contribution in [3.63, 3.8) is 0 Å². The molecule has 2 rings (SSSR count). The van der Waals surface area contributed by atoms with Crippen LogP contribution >= 0.6 is 0 Å². The second-order valence-electron chi connectivity index (χ2n) is 5.12. The fourth-order valence-electron chi connectivity index (χ4n) is 2.03. The van der Waals surface area contributed by atoms with Crippen LogP contribution in [0.2, 0.25) is 0 Å². The summed E-state index contributed by atoms with van der Waals surface area (Å²) >= 11 is 0. The van der Waals surface area contributed by atoms with Crippen LogP contribution in [0.4, 0.5) is 13.2 Å². The molecule has 1 aromatic carbocycles. The first kappa shape index (κ1) is 15.9. The molecule has 1 aliphatic heterocycles. The highest BCUT2D eigenvalue weighted by molar-refractivity contribution is 5.42. The summed E-state index contributed by atoms with van der Waals surface area (Å²) in [6.45, 7) is 3.99. The molecule has 0 saturated carbocycles. The molecule has 0 aliphatic carbocycles. The van der Waals surface area contributed by atoms with E-state index in [1.165, 1.54) is 19.2 Å². The van der Waals surface area contributed by atoms with E-state index in [2.05, 4.69) is 0 Å². The number of ether oxygens (including phenoxy) is 4. The van der Waals surface area contributed by atoms with Crippen molar-refractivity contribution in [1.29, 1.82) is 0 Å². The van der Waals surface area contributed by atoms with E-state index in [-0.39, 0.29) is 24.2 Å². The van der Waals surface area contributed by atoms with E-state index < -0.39 is 17.5 Å². The molecule has 0 amide bonds. The van der Waals surface area contributed by atoms with Gasteiger partial charge in [-0.2, -0.15) is 13.2 Å². The summed E-state index contributed by atoms with van der Waals surface area (Å²) in [5.41, 5.74) is -0.869. The second-order valence-corrected chi connectivity index (χ2v) is 5.12. The topological polar surface area (TPSA) is 36.9 Å². The molecule has 1 aliphatic rings. The van der Waals surface area contributed by atoms with E-state index in [1.807, 2.05) is 0 Å². The van der Waals surface area contributed by atoms with Gasteiger partial charge in [-0.15, -0.1) is 0 Å². The zero-order chi connectivity index (χ0) is 15.7. The number of hydrogen-bond acceptors (Lipinski definition) is 4. The fraction of sp³-hybridized carbons (Fsp3) is 0.571. The lowest BCUT2D eigenvalue weighted by atomic mass is 10.2. The van der Waals surface area contributed by atoms with Crippen molar-refractivity contribution in [2.75, 3.05) is 20.3 Å². The quantitative estimate of drug-likeness (QED) is 0.856. The largest absolute Gasteiger partial charge is 0.496 e. The fourth-order valence-corrected chi connectivity index (χ4v) is 2.03. The third-order valence-electron chi connectivity index (χ3n) is 2.98. The van der Waals surface area contributed by atoms with Gasteiger partial charge in [0.05, 0.1) is 13.7 Å². The lowest BCUT2D eigenvalue weighted by Crippen LogP contribution is -2.25. The number of benzene rings is 1. The monoisotopic (exact) mass is 306 g/mol. The summed E-state index contributed by atoms with van der Waals surface area (Å²) in [7, 11) is 1.19. The van der Waals surface area contributed by atoms with Gasteiger partial charge in [-0.25, -0.2) is 0 Å². The summed E-state index contributed by atoms with van der Waals surface area (Å²) in [5.74, 6) is -0.821. The number of alkyl halides is 3. The Morgan fingerprint density at radius 3 is 2.57 bits per heavy atom. The highest BCUT2D eigenvalue weighted by Crippen LogP contribution is 2.38. The zero-order valence-corrected chi connectivity index (χ0v) is 12.0. The van der Waals surface area contributed by atoms with Crippen molar-refractivity contribution < 1.29 is 32.1 Å². The van der Waals surface area contributed by atoms with E-state index in [0.29, 0.717) is 6.61 Å². The van der Waals surface area contributed by atoms with Gasteiger partial charge < -0.3 is 18.9 Å². The van der Waals surface area contributed by atoms with Gasteiger partial charge in [0.1, 0.15) is 29.8 Å². The van der Waals surface area contributed by atoms with E-state index in [4.69, 9.17) is 18.9 Å². The van der Waals surface area contributed by atoms with Crippen molar-refractivity contribution in [1.82, 2.24) is 0 Å². The smallest absolute Gasteiger partial charge is 0.420 e. The Bertz CT molecular complexity index is 499. The Kier molecular flexibility index (Phi) is 4.34. The third kappa shape index (κ3) is 4.01. The van der Waals surface area contributed by atoms with Gasteiger partial charge in [0.25, 0.3) is 0 Å². The van der Waals surface area contributed by atoms with Crippen molar-refractivity contribution in [3.05, 3.63) is 23.8 Å². The summed E-state index contributed by atoms with van der Waals surface area (Å²) < 4.78 is 59.6. The normalized spacial score (nSPS) is 21.3. The maximum atomic E-state index is 12.9. The number of halogens is 3. The average Bonchev–Trinajstić information content (AvgIpc) is 2.74. The van der Waals surface area contributed by atoms with Crippen LogP contribution in [0.5, 0.6) is 11.5 Å². The van der Waals surface area contributed by atoms with E-state index in [9.17, 15) is 13.2 Å². The molecule has 21 heavy (non-hydrogen) atoms. The third-order valence-corrected chi connectivity index (χ3v) is 2.98. The van der Waals surface area contributed by atoms with Crippen LogP contribution in [0.15, 0.2) is 18.2 Å². The lowest BCUT2D eigenvalue weighted by molar-refractivity contribution is -0.141.